The predicted octanol–water partition coefficient (Wildman–Crippen LogP) is 3.05. The van der Waals surface area contributed by atoms with Crippen LogP contribution in [0.2, 0.25) is 0 Å². The van der Waals surface area contributed by atoms with Crippen LogP contribution in [0.4, 0.5) is 0 Å². The fraction of sp³-hybridized carbons (Fsp3) is 0.107. The van der Waals surface area contributed by atoms with Crippen LogP contribution < -0.4 is 15.9 Å². The number of para-hydroxylation sites is 1. The number of hydrogen-bond acceptors (Lipinski definition) is 4. The lowest BCUT2D eigenvalue weighted by molar-refractivity contribution is -0.112. The van der Waals surface area contributed by atoms with Crippen molar-refractivity contribution in [1.29, 1.82) is 0 Å². The van der Waals surface area contributed by atoms with Crippen LogP contribution in [0.3, 0.4) is 0 Å². The van der Waals surface area contributed by atoms with Gasteiger partial charge in [0.15, 0.2) is 0 Å². The lowest BCUT2D eigenvalue weighted by Crippen LogP contribution is -2.24. The largest absolute Gasteiger partial charge is 0.346 e. The molecular weight excluding hydrogens is 424 g/mol. The molecule has 0 saturated carbocycles. The molecule has 34 heavy (non-hydrogen) atoms. The molecule has 1 N–H and O–H groups in total. The quantitative estimate of drug-likeness (QED) is 0.511. The van der Waals surface area contributed by atoms with Gasteiger partial charge in [-0.05, 0) is 54.8 Å². The van der Waals surface area contributed by atoms with Crippen LogP contribution >= 0.6 is 0 Å². The molecule has 5 rings (SSSR count). The summed E-state index contributed by atoms with van der Waals surface area (Å²) in [4.78, 5) is 38.7. The molecular formula is C28H22N4O2. The Morgan fingerprint density at radius 2 is 1.62 bits per heavy atom. The Hall–Kier alpha value is -4.45. The second-order valence-corrected chi connectivity index (χ2v) is 8.31. The van der Waals surface area contributed by atoms with E-state index in [0.717, 1.165) is 27.6 Å². The van der Waals surface area contributed by atoms with Crippen LogP contribution in [-0.2, 0) is 11.3 Å². The van der Waals surface area contributed by atoms with Crippen LogP contribution in [0.25, 0.3) is 16.7 Å². The van der Waals surface area contributed by atoms with Gasteiger partial charge < -0.3 is 5.32 Å². The van der Waals surface area contributed by atoms with Gasteiger partial charge in [0.25, 0.3) is 11.8 Å². The van der Waals surface area contributed by atoms with Crippen molar-refractivity contribution >= 4 is 17.4 Å². The monoisotopic (exact) mass is 446 g/mol. The van der Waals surface area contributed by atoms with Crippen molar-refractivity contribution in [3.63, 3.8) is 0 Å². The highest BCUT2D eigenvalue weighted by atomic mass is 16.2. The summed E-state index contributed by atoms with van der Waals surface area (Å²) in [5, 5.41) is 4.33. The highest BCUT2D eigenvalue weighted by Gasteiger charge is 2.20. The van der Waals surface area contributed by atoms with E-state index in [4.69, 9.17) is 0 Å². The first kappa shape index (κ1) is 21.4. The van der Waals surface area contributed by atoms with E-state index in [1.165, 1.54) is 0 Å². The lowest BCUT2D eigenvalue weighted by Gasteiger charge is -2.11. The smallest absolute Gasteiger partial charge is 0.278 e. The molecule has 1 aliphatic heterocycles. The Morgan fingerprint density at radius 3 is 2.38 bits per heavy atom. The summed E-state index contributed by atoms with van der Waals surface area (Å²) in [6, 6.07) is 21.0. The van der Waals surface area contributed by atoms with Crippen molar-refractivity contribution in [2.45, 2.75) is 20.4 Å². The summed E-state index contributed by atoms with van der Waals surface area (Å²) in [6.07, 6.45) is 3.32. The normalized spacial score (nSPS) is 12.3. The summed E-state index contributed by atoms with van der Waals surface area (Å²) in [5.74, 6) is -0.558. The molecule has 0 aliphatic carbocycles. The second kappa shape index (κ2) is 8.83. The second-order valence-electron chi connectivity index (χ2n) is 8.31. The SMILES string of the molecule is Cc1ccc(-c2cc(C(=O)NCc3cnc(C)cn3)cc(C3=c4ccccc4=NC3=O)c2)cc1. The first-order chi connectivity index (χ1) is 16.5. The van der Waals surface area contributed by atoms with Gasteiger partial charge in [-0.2, -0.15) is 0 Å². The van der Waals surface area contributed by atoms with Gasteiger partial charge in [0.05, 0.1) is 35.1 Å². The number of amides is 2. The molecule has 0 bridgehead atoms. The van der Waals surface area contributed by atoms with Gasteiger partial charge in [0, 0.05) is 17.0 Å². The number of carbonyl (C=O) groups is 2. The van der Waals surface area contributed by atoms with Gasteiger partial charge >= 0.3 is 0 Å². The topological polar surface area (TPSA) is 84.3 Å². The maximum atomic E-state index is 13.1. The predicted molar refractivity (Wildman–Crippen MR) is 129 cm³/mol. The summed E-state index contributed by atoms with van der Waals surface area (Å²) < 4.78 is 0. The standard InChI is InChI=1S/C28H22N4O2/c1-17-7-9-19(10-8-17)20-11-21(26-24-5-3-4-6-25(24)32-28(26)34)13-22(12-20)27(33)31-16-23-15-29-18(2)14-30-23/h3-15H,16H2,1-2H3,(H,31,33). The zero-order valence-corrected chi connectivity index (χ0v) is 18.9. The minimum Gasteiger partial charge on any atom is -0.346 e. The minimum atomic E-state index is -0.302. The molecule has 0 spiro atoms. The van der Waals surface area contributed by atoms with Gasteiger partial charge in [-0.1, -0.05) is 48.0 Å². The van der Waals surface area contributed by atoms with E-state index < -0.39 is 0 Å². The summed E-state index contributed by atoms with van der Waals surface area (Å²) in [5.41, 5.74) is 6.06. The molecule has 0 saturated heterocycles. The first-order valence-corrected chi connectivity index (χ1v) is 11.0. The van der Waals surface area contributed by atoms with Crippen LogP contribution in [0.15, 0.2) is 84.1 Å². The van der Waals surface area contributed by atoms with Crippen molar-refractivity contribution in [2.24, 2.45) is 4.99 Å². The van der Waals surface area contributed by atoms with E-state index in [1.807, 2.05) is 74.5 Å². The molecule has 4 aromatic rings. The van der Waals surface area contributed by atoms with E-state index in [9.17, 15) is 9.59 Å². The molecule has 0 radical (unpaired) electrons. The van der Waals surface area contributed by atoms with Gasteiger partial charge in [-0.15, -0.1) is 0 Å². The third-order valence-corrected chi connectivity index (χ3v) is 5.74. The van der Waals surface area contributed by atoms with E-state index in [1.54, 1.807) is 18.5 Å². The zero-order valence-electron chi connectivity index (χ0n) is 18.9. The van der Waals surface area contributed by atoms with Crippen LogP contribution in [0.5, 0.6) is 0 Å². The van der Waals surface area contributed by atoms with Gasteiger partial charge in [0.1, 0.15) is 0 Å². The Morgan fingerprint density at radius 1 is 0.853 bits per heavy atom. The average Bonchev–Trinajstić information content (AvgIpc) is 3.19. The minimum absolute atomic E-state index is 0.254. The number of hydrogen-bond donors (Lipinski definition) is 1. The van der Waals surface area contributed by atoms with Crippen molar-refractivity contribution in [3.05, 3.63) is 118 Å². The molecule has 6 heteroatoms. The number of rotatable bonds is 5. The van der Waals surface area contributed by atoms with Crippen LogP contribution in [0, 0.1) is 13.8 Å². The molecule has 1 aromatic heterocycles. The summed E-state index contributed by atoms with van der Waals surface area (Å²) in [7, 11) is 0. The fourth-order valence-electron chi connectivity index (χ4n) is 3.94. The van der Waals surface area contributed by atoms with E-state index in [0.29, 0.717) is 27.8 Å². The number of aryl methyl sites for hydroxylation is 2. The highest BCUT2D eigenvalue weighted by Crippen LogP contribution is 2.27. The third-order valence-electron chi connectivity index (χ3n) is 5.74. The van der Waals surface area contributed by atoms with Crippen molar-refractivity contribution in [2.75, 3.05) is 0 Å². The maximum absolute atomic E-state index is 13.1. The van der Waals surface area contributed by atoms with E-state index in [-0.39, 0.29) is 18.4 Å². The molecule has 0 fully saturated rings. The van der Waals surface area contributed by atoms with Gasteiger partial charge in [0.2, 0.25) is 0 Å². The number of fused-ring (bicyclic) bond motifs is 1. The zero-order chi connectivity index (χ0) is 23.7. The molecule has 166 valence electrons. The van der Waals surface area contributed by atoms with E-state index >= 15 is 0 Å². The molecule has 0 atom stereocenters. The van der Waals surface area contributed by atoms with Gasteiger partial charge in [-0.3, -0.25) is 19.6 Å². The van der Waals surface area contributed by atoms with Crippen molar-refractivity contribution in [1.82, 2.24) is 15.3 Å². The van der Waals surface area contributed by atoms with E-state index in [2.05, 4.69) is 20.3 Å². The number of nitrogens with zero attached hydrogens (tertiary/aromatic N) is 3. The molecule has 2 heterocycles. The number of nitrogens with one attached hydrogen (secondary N) is 1. The number of benzene rings is 3. The van der Waals surface area contributed by atoms with Crippen LogP contribution in [0.1, 0.15) is 32.9 Å². The fourth-order valence-corrected chi connectivity index (χ4v) is 3.94. The average molecular weight is 447 g/mol. The molecule has 1 aliphatic rings. The Kier molecular flexibility index (Phi) is 5.55. The number of carbonyl (C=O) groups excluding carboxylic acids is 2. The lowest BCUT2D eigenvalue weighted by atomic mass is 9.94. The summed E-state index contributed by atoms with van der Waals surface area (Å²) >= 11 is 0. The van der Waals surface area contributed by atoms with Gasteiger partial charge in [-0.25, -0.2) is 4.99 Å². The Labute approximate surface area is 196 Å². The first-order valence-electron chi connectivity index (χ1n) is 11.0. The highest BCUT2D eigenvalue weighted by molar-refractivity contribution is 6.21. The Balaban J connectivity index is 1.58. The molecule has 6 nitrogen and oxygen atoms in total. The van der Waals surface area contributed by atoms with Crippen molar-refractivity contribution in [3.8, 4) is 11.1 Å². The molecule has 2 amide bonds. The number of aromatic nitrogens is 2. The molecule has 3 aromatic carbocycles. The van der Waals surface area contributed by atoms with Crippen molar-refractivity contribution < 1.29 is 9.59 Å². The Bertz CT molecular complexity index is 1540. The maximum Gasteiger partial charge on any atom is 0.278 e. The summed E-state index contributed by atoms with van der Waals surface area (Å²) in [6.45, 7) is 4.14. The van der Waals surface area contributed by atoms with Crippen LogP contribution in [-0.4, -0.2) is 21.8 Å². The molecule has 0 unspecified atom stereocenters. The third kappa shape index (κ3) is 4.26.